The molecule has 6 heteroatoms. The molecule has 0 saturated heterocycles. The van der Waals surface area contributed by atoms with Gasteiger partial charge in [-0.3, -0.25) is 0 Å². The first-order chi connectivity index (χ1) is 8.59. The number of aliphatic hydroxyl groups is 1. The average Bonchev–Trinajstić information content (AvgIpc) is 2.83. The van der Waals surface area contributed by atoms with Gasteiger partial charge in [0, 0.05) is 6.04 Å². The minimum absolute atomic E-state index is 0. The highest BCUT2D eigenvalue weighted by Crippen LogP contribution is 2.27. The van der Waals surface area contributed by atoms with Crippen molar-refractivity contribution in [3.63, 3.8) is 0 Å². The quantitative estimate of drug-likeness (QED) is 0.890. The molecule has 2 unspecified atom stereocenters. The molecule has 2 atom stereocenters. The summed E-state index contributed by atoms with van der Waals surface area (Å²) in [6.07, 6.45) is 1.12. The van der Waals surface area contributed by atoms with E-state index in [9.17, 15) is 5.11 Å². The molecule has 1 aromatic carbocycles. The molecule has 1 aromatic heterocycles. The molecule has 4 nitrogen and oxygen atoms in total. The second kappa shape index (κ2) is 7.05. The molecule has 0 fully saturated rings. The second-order valence-corrected chi connectivity index (χ2v) is 5.53. The molecular weight excluding hydrogens is 284 g/mol. The smallest absolute Gasteiger partial charge is 0.129 e. The maximum atomic E-state index is 9.91. The first-order valence-corrected chi connectivity index (χ1v) is 6.76. The van der Waals surface area contributed by atoms with E-state index < -0.39 is 6.10 Å². The normalized spacial score (nSPS) is 14.2. The van der Waals surface area contributed by atoms with Gasteiger partial charge in [0.2, 0.25) is 0 Å². The van der Waals surface area contributed by atoms with Gasteiger partial charge in [-0.15, -0.1) is 12.4 Å². The molecule has 3 N–H and O–H groups in total. The number of hydrogen-bond donors (Lipinski definition) is 2. The molecule has 0 amide bonds. The van der Waals surface area contributed by atoms with Crippen LogP contribution in [0.3, 0.4) is 0 Å². The largest absolute Gasteiger partial charge is 0.490 e. The third-order valence-corrected chi connectivity index (χ3v) is 3.75. The Balaban J connectivity index is 0.00000180. The minimum atomic E-state index is -0.660. The first-order valence-electron chi connectivity index (χ1n) is 5.99. The summed E-state index contributed by atoms with van der Waals surface area (Å²) in [6.45, 7) is 4.17. The van der Waals surface area contributed by atoms with Gasteiger partial charge in [-0.1, -0.05) is 19.9 Å². The fraction of sp³-hybridized carbons (Fsp3) is 0.462. The fourth-order valence-electron chi connectivity index (χ4n) is 1.72. The monoisotopic (exact) mass is 302 g/mol. The zero-order chi connectivity index (χ0) is 13.1. The average molecular weight is 303 g/mol. The predicted molar refractivity (Wildman–Crippen MR) is 81.2 cm³/mol. The van der Waals surface area contributed by atoms with E-state index in [1.807, 2.05) is 32.0 Å². The highest BCUT2D eigenvalue weighted by molar-refractivity contribution is 7.13. The number of aromatic nitrogens is 1. The zero-order valence-corrected chi connectivity index (χ0v) is 12.6. The van der Waals surface area contributed by atoms with Crippen LogP contribution in [-0.2, 0) is 0 Å². The highest BCUT2D eigenvalue weighted by Gasteiger charge is 2.19. The van der Waals surface area contributed by atoms with Crippen molar-refractivity contribution in [2.24, 2.45) is 11.7 Å². The Labute approximate surface area is 123 Å². The Bertz CT molecular complexity index is 518. The number of nitrogens with zero attached hydrogens (tertiary/aromatic N) is 1. The van der Waals surface area contributed by atoms with Gasteiger partial charge in [0.15, 0.2) is 0 Å². The Morgan fingerprint density at radius 3 is 2.84 bits per heavy atom. The molecule has 0 radical (unpaired) electrons. The fourth-order valence-corrected chi connectivity index (χ4v) is 2.39. The van der Waals surface area contributed by atoms with Crippen LogP contribution < -0.4 is 10.5 Å². The van der Waals surface area contributed by atoms with Crippen molar-refractivity contribution >= 4 is 34.0 Å². The number of benzene rings is 1. The molecule has 0 aliphatic heterocycles. The van der Waals surface area contributed by atoms with E-state index in [0.29, 0.717) is 0 Å². The van der Waals surface area contributed by atoms with Gasteiger partial charge in [-0.2, -0.15) is 4.37 Å². The van der Waals surface area contributed by atoms with Crippen molar-refractivity contribution < 1.29 is 9.84 Å². The molecule has 1 heterocycles. The predicted octanol–water partition coefficient (Wildman–Crippen LogP) is 2.44. The molecule has 0 aliphatic carbocycles. The van der Waals surface area contributed by atoms with Gasteiger partial charge >= 0.3 is 0 Å². The lowest BCUT2D eigenvalue weighted by molar-refractivity contribution is 0.0721. The van der Waals surface area contributed by atoms with Crippen LogP contribution in [0.4, 0.5) is 0 Å². The molecule has 19 heavy (non-hydrogen) atoms. The van der Waals surface area contributed by atoms with Crippen LogP contribution in [0, 0.1) is 5.92 Å². The number of halogens is 1. The second-order valence-electron chi connectivity index (χ2n) is 4.69. The van der Waals surface area contributed by atoms with Crippen LogP contribution in [-0.4, -0.2) is 28.2 Å². The van der Waals surface area contributed by atoms with Gasteiger partial charge in [-0.05, 0) is 29.6 Å². The van der Waals surface area contributed by atoms with Crippen LogP contribution in [0.25, 0.3) is 10.1 Å². The Kier molecular flexibility index (Phi) is 6.00. The molecular formula is C13H19ClN2O2S. The lowest BCUT2D eigenvalue weighted by Gasteiger charge is -2.22. The van der Waals surface area contributed by atoms with E-state index in [1.165, 1.54) is 11.5 Å². The summed E-state index contributed by atoms with van der Waals surface area (Å²) >= 11 is 1.43. The van der Waals surface area contributed by atoms with Gasteiger partial charge in [0.1, 0.15) is 18.5 Å². The molecule has 2 rings (SSSR count). The summed E-state index contributed by atoms with van der Waals surface area (Å²) in [4.78, 5) is 0. The Hall–Kier alpha value is -0.880. The summed E-state index contributed by atoms with van der Waals surface area (Å²) in [5, 5.41) is 10.9. The maximum Gasteiger partial charge on any atom is 0.129 e. The van der Waals surface area contributed by atoms with E-state index in [0.717, 1.165) is 15.8 Å². The summed E-state index contributed by atoms with van der Waals surface area (Å²) in [5.41, 5.74) is 5.88. The summed E-state index contributed by atoms with van der Waals surface area (Å²) < 4.78 is 10.9. The zero-order valence-electron chi connectivity index (χ0n) is 10.9. The van der Waals surface area contributed by atoms with Crippen molar-refractivity contribution in [1.82, 2.24) is 4.37 Å². The topological polar surface area (TPSA) is 68.4 Å². The van der Waals surface area contributed by atoms with Gasteiger partial charge in [0.05, 0.1) is 16.3 Å². The summed E-state index contributed by atoms with van der Waals surface area (Å²) in [6, 6.07) is 5.52. The summed E-state index contributed by atoms with van der Waals surface area (Å²) in [7, 11) is 0. The molecule has 0 saturated carbocycles. The number of nitrogens with two attached hydrogens (primary N) is 1. The van der Waals surface area contributed by atoms with E-state index >= 15 is 0 Å². The molecule has 2 aromatic rings. The van der Waals surface area contributed by atoms with E-state index in [-0.39, 0.29) is 31.0 Å². The van der Waals surface area contributed by atoms with Gasteiger partial charge in [0.25, 0.3) is 0 Å². The van der Waals surface area contributed by atoms with E-state index in [1.54, 1.807) is 6.20 Å². The summed E-state index contributed by atoms with van der Waals surface area (Å²) in [5.74, 6) is 0.971. The highest BCUT2D eigenvalue weighted by atomic mass is 35.5. The first kappa shape index (κ1) is 16.2. The van der Waals surface area contributed by atoms with Crippen molar-refractivity contribution in [2.45, 2.75) is 26.0 Å². The van der Waals surface area contributed by atoms with Crippen molar-refractivity contribution in [3.8, 4) is 5.75 Å². The molecule has 0 bridgehead atoms. The van der Waals surface area contributed by atoms with Crippen LogP contribution in [0.1, 0.15) is 13.8 Å². The number of aliphatic hydroxyl groups excluding tert-OH is 1. The number of hydrogen-bond acceptors (Lipinski definition) is 5. The third kappa shape index (κ3) is 3.79. The van der Waals surface area contributed by atoms with E-state index in [2.05, 4.69) is 4.37 Å². The van der Waals surface area contributed by atoms with Crippen molar-refractivity contribution in [2.75, 3.05) is 6.61 Å². The van der Waals surface area contributed by atoms with E-state index in [4.69, 9.17) is 10.5 Å². The lowest BCUT2D eigenvalue weighted by atomic mass is 10.0. The molecule has 0 aliphatic rings. The van der Waals surface area contributed by atoms with Crippen LogP contribution in [0.5, 0.6) is 5.75 Å². The lowest BCUT2D eigenvalue weighted by Crippen LogP contribution is -2.42. The standard InChI is InChI=1S/C13H18N2O2S.ClH/c1-8(2)13(14)10(16)7-17-11-4-3-5-12-9(11)6-15-18-12;/h3-6,8,10,13,16H,7,14H2,1-2H3;1H. The minimum Gasteiger partial charge on any atom is -0.490 e. The van der Waals surface area contributed by atoms with Crippen molar-refractivity contribution in [3.05, 3.63) is 24.4 Å². The van der Waals surface area contributed by atoms with Crippen LogP contribution in [0.15, 0.2) is 24.4 Å². The number of fused-ring (bicyclic) bond motifs is 1. The molecule has 106 valence electrons. The van der Waals surface area contributed by atoms with Crippen molar-refractivity contribution in [1.29, 1.82) is 0 Å². The van der Waals surface area contributed by atoms with Gasteiger partial charge < -0.3 is 15.6 Å². The van der Waals surface area contributed by atoms with Crippen LogP contribution >= 0.6 is 23.9 Å². The Morgan fingerprint density at radius 2 is 2.16 bits per heavy atom. The van der Waals surface area contributed by atoms with Gasteiger partial charge in [-0.25, -0.2) is 0 Å². The maximum absolute atomic E-state index is 9.91. The van der Waals surface area contributed by atoms with Crippen LogP contribution in [0.2, 0.25) is 0 Å². The Morgan fingerprint density at radius 1 is 1.42 bits per heavy atom. The molecule has 0 spiro atoms. The SMILES string of the molecule is CC(C)C(N)C(O)COc1cccc2sncc12.Cl. The third-order valence-electron chi connectivity index (χ3n) is 2.98. The number of ether oxygens (including phenoxy) is 1. The number of rotatable bonds is 5.